The fraction of sp³-hybridized carbons (Fsp3) is 0.269. The highest BCUT2D eigenvalue weighted by Gasteiger charge is 2.20. The highest BCUT2D eigenvalue weighted by molar-refractivity contribution is 6.37. The van der Waals surface area contributed by atoms with Crippen LogP contribution in [-0.2, 0) is 0 Å². The van der Waals surface area contributed by atoms with Gasteiger partial charge in [0.05, 0.1) is 26.6 Å². The summed E-state index contributed by atoms with van der Waals surface area (Å²) in [6.07, 6.45) is 5.31. The van der Waals surface area contributed by atoms with E-state index in [4.69, 9.17) is 23.2 Å². The van der Waals surface area contributed by atoms with E-state index < -0.39 is 0 Å². The van der Waals surface area contributed by atoms with Crippen molar-refractivity contribution in [3.05, 3.63) is 81.5 Å². The fourth-order valence-electron chi connectivity index (χ4n) is 4.51. The molecule has 1 saturated heterocycles. The van der Waals surface area contributed by atoms with Crippen LogP contribution >= 0.6 is 23.2 Å². The van der Waals surface area contributed by atoms with Gasteiger partial charge in [-0.25, -0.2) is 9.97 Å². The number of fused-ring (bicyclic) bond motifs is 1. The van der Waals surface area contributed by atoms with Gasteiger partial charge in [0.2, 0.25) is 0 Å². The van der Waals surface area contributed by atoms with Gasteiger partial charge in [0, 0.05) is 42.8 Å². The second kappa shape index (κ2) is 9.85. The SMILES string of the molecule is CN(C)C1CCN(c2ccc(Nc3cc4ncn(-c5c(Cl)cccc5Cl)c(=O)c4cn3)cc2)CC1. The number of rotatable bonds is 5. The number of anilines is 3. The zero-order valence-corrected chi connectivity index (χ0v) is 21.1. The van der Waals surface area contributed by atoms with Crippen LogP contribution in [-0.4, -0.2) is 52.7 Å². The third-order valence-corrected chi connectivity index (χ3v) is 7.13. The number of hydrogen-bond acceptors (Lipinski definition) is 6. The largest absolute Gasteiger partial charge is 0.371 e. The smallest absolute Gasteiger partial charge is 0.267 e. The number of para-hydroxylation sites is 1. The van der Waals surface area contributed by atoms with Crippen LogP contribution in [0.3, 0.4) is 0 Å². The number of halogens is 2. The summed E-state index contributed by atoms with van der Waals surface area (Å²) in [7, 11) is 4.31. The highest BCUT2D eigenvalue weighted by Crippen LogP contribution is 2.28. The van der Waals surface area contributed by atoms with E-state index >= 15 is 0 Å². The van der Waals surface area contributed by atoms with Crippen LogP contribution in [0.25, 0.3) is 16.6 Å². The van der Waals surface area contributed by atoms with Crippen LogP contribution < -0.4 is 15.8 Å². The monoisotopic (exact) mass is 508 g/mol. The Hall–Kier alpha value is -3.13. The molecule has 0 saturated carbocycles. The molecule has 1 aliphatic rings. The zero-order chi connectivity index (χ0) is 24.5. The quantitative estimate of drug-likeness (QED) is 0.391. The Labute approximate surface area is 213 Å². The van der Waals surface area contributed by atoms with E-state index in [-0.39, 0.29) is 5.56 Å². The van der Waals surface area contributed by atoms with Crippen molar-refractivity contribution in [2.75, 3.05) is 37.4 Å². The van der Waals surface area contributed by atoms with Gasteiger partial charge in [-0.3, -0.25) is 9.36 Å². The Morgan fingerprint density at radius 3 is 2.34 bits per heavy atom. The second-order valence-electron chi connectivity index (χ2n) is 8.93. The number of hydrogen-bond donors (Lipinski definition) is 1. The van der Waals surface area contributed by atoms with Crippen molar-refractivity contribution in [2.45, 2.75) is 18.9 Å². The summed E-state index contributed by atoms with van der Waals surface area (Å²) >= 11 is 12.6. The van der Waals surface area contributed by atoms with E-state index in [9.17, 15) is 4.79 Å². The highest BCUT2D eigenvalue weighted by atomic mass is 35.5. The molecule has 3 heterocycles. The van der Waals surface area contributed by atoms with Gasteiger partial charge in [-0.15, -0.1) is 0 Å². The minimum Gasteiger partial charge on any atom is -0.371 e. The molecule has 0 spiro atoms. The Morgan fingerprint density at radius 2 is 1.69 bits per heavy atom. The molecule has 0 aliphatic carbocycles. The van der Waals surface area contributed by atoms with Crippen molar-refractivity contribution in [3.8, 4) is 5.69 Å². The van der Waals surface area contributed by atoms with E-state index in [1.165, 1.54) is 35.6 Å². The molecular weight excluding hydrogens is 483 g/mol. The van der Waals surface area contributed by atoms with Gasteiger partial charge in [-0.2, -0.15) is 0 Å². The molecule has 0 amide bonds. The number of aromatic nitrogens is 3. The first-order chi connectivity index (χ1) is 16.9. The maximum atomic E-state index is 13.1. The average Bonchev–Trinajstić information content (AvgIpc) is 2.86. The summed E-state index contributed by atoms with van der Waals surface area (Å²) in [6.45, 7) is 2.12. The lowest BCUT2D eigenvalue weighted by molar-refractivity contribution is 0.249. The zero-order valence-electron chi connectivity index (χ0n) is 19.6. The van der Waals surface area contributed by atoms with E-state index in [1.54, 1.807) is 24.3 Å². The Kier molecular flexibility index (Phi) is 6.65. The van der Waals surface area contributed by atoms with Gasteiger partial charge in [0.1, 0.15) is 12.1 Å². The molecular formula is C26H26Cl2N6O. The number of nitrogens with one attached hydrogen (secondary N) is 1. The molecule has 1 N–H and O–H groups in total. The van der Waals surface area contributed by atoms with Crippen LogP contribution in [0.15, 0.2) is 65.8 Å². The van der Waals surface area contributed by atoms with Crippen molar-refractivity contribution in [3.63, 3.8) is 0 Å². The molecule has 4 aromatic rings. The third kappa shape index (κ3) is 4.85. The molecule has 0 atom stereocenters. The topological polar surface area (TPSA) is 66.3 Å². The van der Waals surface area contributed by atoms with Crippen LogP contribution in [0.5, 0.6) is 0 Å². The van der Waals surface area contributed by atoms with Gasteiger partial charge in [-0.1, -0.05) is 29.3 Å². The molecule has 0 radical (unpaired) electrons. The van der Waals surface area contributed by atoms with E-state index in [1.807, 2.05) is 12.1 Å². The predicted molar refractivity (Wildman–Crippen MR) is 144 cm³/mol. The number of nitrogens with zero attached hydrogens (tertiary/aromatic N) is 5. The van der Waals surface area contributed by atoms with Gasteiger partial charge in [0.15, 0.2) is 0 Å². The Bertz CT molecular complexity index is 1390. The lowest BCUT2D eigenvalue weighted by Gasteiger charge is -2.36. The normalized spacial score (nSPS) is 14.6. The molecule has 180 valence electrons. The fourth-order valence-corrected chi connectivity index (χ4v) is 5.09. The Balaban J connectivity index is 1.33. The molecule has 5 rings (SSSR count). The van der Waals surface area contributed by atoms with Crippen molar-refractivity contribution in [1.82, 2.24) is 19.4 Å². The van der Waals surface area contributed by atoms with E-state index in [2.05, 4.69) is 51.3 Å². The van der Waals surface area contributed by atoms with Crippen LogP contribution in [0.2, 0.25) is 10.0 Å². The molecule has 9 heteroatoms. The molecule has 2 aromatic heterocycles. The van der Waals surface area contributed by atoms with E-state index in [0.717, 1.165) is 18.8 Å². The summed E-state index contributed by atoms with van der Waals surface area (Å²) in [4.78, 5) is 26.7. The maximum Gasteiger partial charge on any atom is 0.267 e. The minimum atomic E-state index is -0.286. The first kappa shape index (κ1) is 23.6. The van der Waals surface area contributed by atoms with Crippen LogP contribution in [0.1, 0.15) is 12.8 Å². The van der Waals surface area contributed by atoms with Gasteiger partial charge >= 0.3 is 0 Å². The summed E-state index contributed by atoms with van der Waals surface area (Å²) in [5.41, 5.74) is 2.79. The first-order valence-electron chi connectivity index (χ1n) is 11.5. The average molecular weight is 509 g/mol. The molecule has 7 nitrogen and oxygen atoms in total. The third-order valence-electron chi connectivity index (χ3n) is 6.52. The van der Waals surface area contributed by atoms with E-state index in [0.29, 0.717) is 38.5 Å². The summed E-state index contributed by atoms with van der Waals surface area (Å²) in [6, 6.07) is 15.9. The first-order valence-corrected chi connectivity index (χ1v) is 12.3. The minimum absolute atomic E-state index is 0.286. The number of pyridine rings is 1. The van der Waals surface area contributed by atoms with Crippen LogP contribution in [0.4, 0.5) is 17.2 Å². The van der Waals surface area contributed by atoms with Crippen LogP contribution in [0, 0.1) is 0 Å². The summed E-state index contributed by atoms with van der Waals surface area (Å²) < 4.78 is 1.35. The van der Waals surface area contributed by atoms with Crippen molar-refractivity contribution < 1.29 is 0 Å². The molecule has 35 heavy (non-hydrogen) atoms. The molecule has 0 bridgehead atoms. The van der Waals surface area contributed by atoms with Gasteiger partial charge in [0.25, 0.3) is 5.56 Å². The lowest BCUT2D eigenvalue weighted by Crippen LogP contribution is -2.41. The molecule has 1 fully saturated rings. The van der Waals surface area contributed by atoms with Crippen molar-refractivity contribution >= 4 is 51.3 Å². The van der Waals surface area contributed by atoms with Crippen molar-refractivity contribution in [1.29, 1.82) is 0 Å². The summed E-state index contributed by atoms with van der Waals surface area (Å²) in [5.74, 6) is 0.609. The molecule has 0 unspecified atom stereocenters. The maximum absolute atomic E-state index is 13.1. The summed E-state index contributed by atoms with van der Waals surface area (Å²) in [5, 5.41) is 4.43. The standard InChI is InChI=1S/C26H26Cl2N6O/c1-32(2)18-10-12-33(13-11-18)19-8-6-17(7-9-19)31-24-14-23-20(15-29-24)26(35)34(16-30-23)25-21(27)4-3-5-22(25)28/h3-9,14-16,18H,10-13H2,1-2H3,(H,29,31). The Morgan fingerprint density at radius 1 is 1.00 bits per heavy atom. The van der Waals surface area contributed by atoms with Gasteiger partial charge < -0.3 is 15.1 Å². The van der Waals surface area contributed by atoms with Crippen molar-refractivity contribution in [2.24, 2.45) is 0 Å². The lowest BCUT2D eigenvalue weighted by atomic mass is 10.0. The second-order valence-corrected chi connectivity index (χ2v) is 9.74. The predicted octanol–water partition coefficient (Wildman–Crippen LogP) is 5.36. The van der Waals surface area contributed by atoms with Gasteiger partial charge in [-0.05, 0) is 63.3 Å². The number of piperidine rings is 1. The molecule has 2 aromatic carbocycles. The number of benzene rings is 2. The molecule has 1 aliphatic heterocycles.